The molecule has 1 unspecified atom stereocenters. The molecule has 1 aliphatic heterocycles. The molecule has 0 saturated carbocycles. The highest BCUT2D eigenvalue weighted by molar-refractivity contribution is 7.89. The summed E-state index contributed by atoms with van der Waals surface area (Å²) in [4.78, 5) is 12.2. The number of hydrogen-bond acceptors (Lipinski definition) is 3. The van der Waals surface area contributed by atoms with Gasteiger partial charge in [0.15, 0.2) is 0 Å². The maximum absolute atomic E-state index is 13.6. The summed E-state index contributed by atoms with van der Waals surface area (Å²) in [6.45, 7) is -0.246. The van der Waals surface area contributed by atoms with Crippen LogP contribution in [0.4, 0.5) is 17.6 Å². The summed E-state index contributed by atoms with van der Waals surface area (Å²) < 4.78 is 81.7. The van der Waals surface area contributed by atoms with Gasteiger partial charge >= 0.3 is 6.18 Å². The van der Waals surface area contributed by atoms with Crippen LogP contribution in [-0.2, 0) is 40.5 Å². The number of rotatable bonds is 5. The lowest BCUT2D eigenvalue weighted by atomic mass is 9.95. The summed E-state index contributed by atoms with van der Waals surface area (Å²) in [5, 5.41) is 2.63. The highest BCUT2D eigenvalue weighted by atomic mass is 32.2. The molecule has 0 spiro atoms. The molecule has 0 saturated heterocycles. The number of sulfonamides is 1. The lowest BCUT2D eigenvalue weighted by molar-refractivity contribution is -0.139. The minimum absolute atomic E-state index is 0.00115. The molecule has 0 radical (unpaired) electrons. The fraction of sp³-hybridized carbons (Fsp3) is 0.208. The number of halogens is 4. The van der Waals surface area contributed by atoms with Gasteiger partial charge in [-0.05, 0) is 47.4 Å². The number of hydrogen-bond donors (Lipinski definition) is 1. The van der Waals surface area contributed by atoms with E-state index in [1.54, 1.807) is 24.3 Å². The molecule has 10 heteroatoms. The zero-order chi connectivity index (χ0) is 24.5. The van der Waals surface area contributed by atoms with Gasteiger partial charge < -0.3 is 5.32 Å². The molecule has 0 bridgehead atoms. The predicted molar refractivity (Wildman–Crippen MR) is 116 cm³/mol. The Morgan fingerprint density at radius 1 is 0.941 bits per heavy atom. The Kier molecular flexibility index (Phi) is 6.46. The average Bonchev–Trinajstić information content (AvgIpc) is 2.82. The second kappa shape index (κ2) is 9.19. The second-order valence-corrected chi connectivity index (χ2v) is 9.74. The van der Waals surface area contributed by atoms with E-state index in [9.17, 15) is 30.8 Å². The summed E-state index contributed by atoms with van der Waals surface area (Å²) in [5.41, 5.74) is 0.639. The van der Waals surface area contributed by atoms with Crippen LogP contribution in [0.25, 0.3) is 0 Å². The van der Waals surface area contributed by atoms with E-state index >= 15 is 0 Å². The van der Waals surface area contributed by atoms with E-state index in [4.69, 9.17) is 0 Å². The molecule has 1 atom stereocenters. The SMILES string of the molecule is O=C(NCc1ccc(F)cc1)C1Cc2ccccc2CN1S(=O)(=O)c1ccccc1C(F)(F)F. The van der Waals surface area contributed by atoms with E-state index < -0.39 is 44.4 Å². The summed E-state index contributed by atoms with van der Waals surface area (Å²) in [7, 11) is -4.70. The van der Waals surface area contributed by atoms with E-state index in [1.807, 2.05) is 0 Å². The minimum Gasteiger partial charge on any atom is -0.351 e. The lowest BCUT2D eigenvalue weighted by Crippen LogP contribution is -2.52. The first-order chi connectivity index (χ1) is 16.1. The maximum atomic E-state index is 13.6. The predicted octanol–water partition coefficient (Wildman–Crippen LogP) is 4.28. The molecule has 0 aliphatic carbocycles. The van der Waals surface area contributed by atoms with Gasteiger partial charge in [0.1, 0.15) is 11.9 Å². The first kappa shape index (κ1) is 23.9. The maximum Gasteiger partial charge on any atom is 0.417 e. The van der Waals surface area contributed by atoms with Crippen molar-refractivity contribution < 1.29 is 30.8 Å². The van der Waals surface area contributed by atoms with Crippen LogP contribution in [-0.4, -0.2) is 24.7 Å². The molecule has 1 N–H and O–H groups in total. The van der Waals surface area contributed by atoms with Gasteiger partial charge in [0.2, 0.25) is 15.9 Å². The van der Waals surface area contributed by atoms with Gasteiger partial charge in [-0.3, -0.25) is 4.79 Å². The van der Waals surface area contributed by atoms with Crippen LogP contribution in [0.1, 0.15) is 22.3 Å². The third-order valence-electron chi connectivity index (χ3n) is 5.67. The number of carbonyl (C=O) groups excluding carboxylic acids is 1. The summed E-state index contributed by atoms with van der Waals surface area (Å²) in [5.74, 6) is -1.11. The fourth-order valence-electron chi connectivity index (χ4n) is 3.94. The van der Waals surface area contributed by atoms with Crippen molar-refractivity contribution >= 4 is 15.9 Å². The van der Waals surface area contributed by atoms with Gasteiger partial charge in [0.05, 0.1) is 10.5 Å². The Bertz CT molecular complexity index is 1310. The quantitative estimate of drug-likeness (QED) is 0.541. The van der Waals surface area contributed by atoms with E-state index in [-0.39, 0.29) is 19.5 Å². The van der Waals surface area contributed by atoms with Crippen LogP contribution >= 0.6 is 0 Å². The minimum atomic E-state index is -4.89. The zero-order valence-corrected chi connectivity index (χ0v) is 18.5. The molecular weight excluding hydrogens is 472 g/mol. The molecule has 178 valence electrons. The first-order valence-electron chi connectivity index (χ1n) is 10.3. The van der Waals surface area contributed by atoms with Crippen LogP contribution < -0.4 is 5.32 Å². The van der Waals surface area contributed by atoms with E-state index in [1.165, 1.54) is 30.3 Å². The van der Waals surface area contributed by atoms with Crippen molar-refractivity contribution in [1.29, 1.82) is 0 Å². The van der Waals surface area contributed by atoms with Crippen LogP contribution in [0.3, 0.4) is 0 Å². The van der Waals surface area contributed by atoms with Crippen molar-refractivity contribution in [3.63, 3.8) is 0 Å². The molecule has 0 aromatic heterocycles. The monoisotopic (exact) mass is 492 g/mol. The zero-order valence-electron chi connectivity index (χ0n) is 17.7. The molecule has 1 amide bonds. The van der Waals surface area contributed by atoms with Crippen LogP contribution in [0.15, 0.2) is 77.7 Å². The Morgan fingerprint density at radius 3 is 2.24 bits per heavy atom. The van der Waals surface area contributed by atoms with Crippen molar-refractivity contribution in [2.75, 3.05) is 0 Å². The fourth-order valence-corrected chi connectivity index (χ4v) is 5.72. The molecule has 4 rings (SSSR count). The number of alkyl halides is 3. The first-order valence-corrected chi connectivity index (χ1v) is 11.8. The standard InChI is InChI=1S/C24H20F4N2O3S/c25-19-11-9-16(10-12-19)14-29-23(31)21-13-17-5-1-2-6-18(17)15-30(21)34(32,33)22-8-4-3-7-20(22)24(26,27)28/h1-12,21H,13-15H2,(H,29,31). The summed E-state index contributed by atoms with van der Waals surface area (Å²) >= 11 is 0. The Balaban J connectivity index is 1.70. The number of benzene rings is 3. The van der Waals surface area contributed by atoms with Gasteiger partial charge in [0.25, 0.3) is 0 Å². The number of amides is 1. The second-order valence-electron chi connectivity index (χ2n) is 7.88. The van der Waals surface area contributed by atoms with E-state index in [2.05, 4.69) is 5.32 Å². The number of fused-ring (bicyclic) bond motifs is 1. The van der Waals surface area contributed by atoms with Gasteiger partial charge in [-0.2, -0.15) is 17.5 Å². The molecule has 1 aliphatic rings. The smallest absolute Gasteiger partial charge is 0.351 e. The van der Waals surface area contributed by atoms with Gasteiger partial charge in [-0.15, -0.1) is 0 Å². The normalized spacial score (nSPS) is 16.6. The molecule has 34 heavy (non-hydrogen) atoms. The highest BCUT2D eigenvalue weighted by Crippen LogP contribution is 2.37. The molecule has 1 heterocycles. The van der Waals surface area contributed by atoms with Crippen LogP contribution in [0, 0.1) is 5.82 Å². The van der Waals surface area contributed by atoms with Crippen molar-refractivity contribution in [1.82, 2.24) is 9.62 Å². The highest BCUT2D eigenvalue weighted by Gasteiger charge is 2.44. The third-order valence-corrected chi connectivity index (χ3v) is 7.58. The molecule has 3 aromatic rings. The summed E-state index contributed by atoms with van der Waals surface area (Å²) in [6, 6.07) is 14.9. The van der Waals surface area contributed by atoms with Crippen molar-refractivity contribution in [2.45, 2.75) is 36.6 Å². The topological polar surface area (TPSA) is 66.5 Å². The number of carbonyl (C=O) groups is 1. The van der Waals surface area contributed by atoms with Gasteiger partial charge in [-0.1, -0.05) is 48.5 Å². The summed E-state index contributed by atoms with van der Waals surface area (Å²) in [6.07, 6.45) is -4.89. The van der Waals surface area contributed by atoms with Crippen LogP contribution in [0.2, 0.25) is 0 Å². The molecule has 0 fully saturated rings. The van der Waals surface area contributed by atoms with E-state index in [0.717, 1.165) is 22.0 Å². The van der Waals surface area contributed by atoms with Gasteiger partial charge in [-0.25, -0.2) is 12.8 Å². The lowest BCUT2D eigenvalue weighted by Gasteiger charge is -2.35. The van der Waals surface area contributed by atoms with Crippen molar-refractivity contribution in [2.24, 2.45) is 0 Å². The molecule has 5 nitrogen and oxygen atoms in total. The van der Waals surface area contributed by atoms with Crippen molar-refractivity contribution in [3.05, 3.63) is 101 Å². The third kappa shape index (κ3) is 4.83. The molecule has 3 aromatic carbocycles. The van der Waals surface area contributed by atoms with Crippen LogP contribution in [0.5, 0.6) is 0 Å². The largest absolute Gasteiger partial charge is 0.417 e. The number of nitrogens with one attached hydrogen (secondary N) is 1. The Labute approximate surface area is 194 Å². The molecular formula is C24H20F4N2O3S. The Hall–Kier alpha value is -3.24. The van der Waals surface area contributed by atoms with Crippen molar-refractivity contribution in [3.8, 4) is 0 Å². The number of nitrogens with zero attached hydrogens (tertiary/aromatic N) is 1. The van der Waals surface area contributed by atoms with Gasteiger partial charge in [0, 0.05) is 13.1 Å². The average molecular weight is 492 g/mol. The Morgan fingerprint density at radius 2 is 1.56 bits per heavy atom. The van der Waals surface area contributed by atoms with E-state index in [0.29, 0.717) is 17.2 Å².